The van der Waals surface area contributed by atoms with Crippen LogP contribution in [-0.2, 0) is 21.2 Å². The SMILES string of the molecule is O=C1Cc2cc(S(=O)(=O)Nc3ccc(N4CCCCCC4)cn3)ccc2N1. The van der Waals surface area contributed by atoms with Gasteiger partial charge in [0.1, 0.15) is 5.82 Å². The second-order valence-electron chi connectivity index (χ2n) is 6.95. The van der Waals surface area contributed by atoms with Gasteiger partial charge in [-0.15, -0.1) is 0 Å². The number of nitrogens with zero attached hydrogens (tertiary/aromatic N) is 2. The lowest BCUT2D eigenvalue weighted by molar-refractivity contribution is -0.115. The van der Waals surface area contributed by atoms with E-state index in [4.69, 9.17) is 0 Å². The predicted octanol–water partition coefficient (Wildman–Crippen LogP) is 2.76. The number of carbonyl (C=O) groups is 1. The van der Waals surface area contributed by atoms with Crippen molar-refractivity contribution in [2.24, 2.45) is 0 Å². The van der Waals surface area contributed by atoms with Gasteiger partial charge in [0.05, 0.1) is 23.2 Å². The van der Waals surface area contributed by atoms with Crippen LogP contribution in [-0.4, -0.2) is 32.4 Å². The average Bonchev–Trinajstić information content (AvgIpc) is 2.83. The first kappa shape index (κ1) is 17.8. The highest BCUT2D eigenvalue weighted by Gasteiger charge is 2.22. The molecule has 2 aromatic rings. The van der Waals surface area contributed by atoms with Crippen LogP contribution in [0.15, 0.2) is 41.4 Å². The van der Waals surface area contributed by atoms with E-state index in [1.807, 2.05) is 6.07 Å². The lowest BCUT2D eigenvalue weighted by Gasteiger charge is -2.22. The summed E-state index contributed by atoms with van der Waals surface area (Å²) in [6, 6.07) is 8.22. The number of nitrogens with one attached hydrogen (secondary N) is 2. The maximum atomic E-state index is 12.6. The summed E-state index contributed by atoms with van der Waals surface area (Å²) >= 11 is 0. The molecule has 1 aromatic heterocycles. The highest BCUT2D eigenvalue weighted by Crippen LogP contribution is 2.27. The van der Waals surface area contributed by atoms with E-state index in [2.05, 4.69) is 19.9 Å². The third kappa shape index (κ3) is 3.90. The summed E-state index contributed by atoms with van der Waals surface area (Å²) in [5.41, 5.74) is 2.37. The number of amides is 1. The zero-order chi connectivity index (χ0) is 18.9. The van der Waals surface area contributed by atoms with Crippen molar-refractivity contribution >= 4 is 33.1 Å². The molecule has 2 N–H and O–H groups in total. The van der Waals surface area contributed by atoms with E-state index in [9.17, 15) is 13.2 Å². The second-order valence-corrected chi connectivity index (χ2v) is 8.63. The van der Waals surface area contributed by atoms with E-state index in [1.54, 1.807) is 18.3 Å². The number of benzene rings is 1. The Balaban J connectivity index is 1.49. The Bertz CT molecular complexity index is 949. The molecule has 0 unspecified atom stereocenters. The summed E-state index contributed by atoms with van der Waals surface area (Å²) in [6.45, 7) is 2.02. The Morgan fingerprint density at radius 1 is 1.04 bits per heavy atom. The van der Waals surface area contributed by atoms with Crippen molar-refractivity contribution in [1.29, 1.82) is 0 Å². The van der Waals surface area contributed by atoms with Crippen LogP contribution in [0.4, 0.5) is 17.2 Å². The fourth-order valence-corrected chi connectivity index (χ4v) is 4.59. The Morgan fingerprint density at radius 2 is 1.81 bits per heavy atom. The van der Waals surface area contributed by atoms with E-state index in [-0.39, 0.29) is 23.0 Å². The number of hydrogen-bond donors (Lipinski definition) is 2. The number of fused-ring (bicyclic) bond motifs is 1. The summed E-state index contributed by atoms with van der Waals surface area (Å²) in [5.74, 6) is 0.154. The van der Waals surface area contributed by atoms with E-state index >= 15 is 0 Å². The minimum Gasteiger partial charge on any atom is -0.370 e. The molecule has 1 amide bonds. The van der Waals surface area contributed by atoms with Gasteiger partial charge in [0.2, 0.25) is 5.91 Å². The van der Waals surface area contributed by atoms with Crippen LogP contribution in [0.2, 0.25) is 0 Å². The van der Waals surface area contributed by atoms with Crippen molar-refractivity contribution in [3.8, 4) is 0 Å². The standard InChI is InChI=1S/C19H22N4O3S/c24-19-12-14-11-16(6-7-17(14)21-19)27(25,26)22-18-8-5-15(13-20-18)23-9-3-1-2-4-10-23/h5-8,11,13H,1-4,9-10,12H2,(H,20,22)(H,21,24). The molecule has 2 aliphatic rings. The predicted molar refractivity (Wildman–Crippen MR) is 105 cm³/mol. The van der Waals surface area contributed by atoms with Gasteiger partial charge in [-0.3, -0.25) is 9.52 Å². The monoisotopic (exact) mass is 386 g/mol. The first-order valence-corrected chi connectivity index (χ1v) is 10.7. The van der Waals surface area contributed by atoms with Crippen LogP contribution in [0.25, 0.3) is 0 Å². The molecule has 0 atom stereocenters. The first-order valence-electron chi connectivity index (χ1n) is 9.18. The molecule has 1 saturated heterocycles. The van der Waals surface area contributed by atoms with Gasteiger partial charge in [0.15, 0.2) is 0 Å². The zero-order valence-electron chi connectivity index (χ0n) is 14.9. The number of anilines is 3. The number of hydrogen-bond acceptors (Lipinski definition) is 5. The van der Waals surface area contributed by atoms with Crippen LogP contribution in [0.5, 0.6) is 0 Å². The molecule has 1 aromatic carbocycles. The van der Waals surface area contributed by atoms with E-state index < -0.39 is 10.0 Å². The Hall–Kier alpha value is -2.61. The number of carbonyl (C=O) groups excluding carboxylic acids is 1. The molecule has 7 nitrogen and oxygen atoms in total. The van der Waals surface area contributed by atoms with Crippen LogP contribution >= 0.6 is 0 Å². The molecule has 27 heavy (non-hydrogen) atoms. The number of sulfonamides is 1. The van der Waals surface area contributed by atoms with E-state index in [0.717, 1.165) is 18.8 Å². The van der Waals surface area contributed by atoms with E-state index in [0.29, 0.717) is 11.3 Å². The number of pyridine rings is 1. The minimum atomic E-state index is -3.76. The molecule has 3 heterocycles. The molecule has 0 radical (unpaired) electrons. The van der Waals surface area contributed by atoms with Gasteiger partial charge in [0, 0.05) is 18.8 Å². The van der Waals surface area contributed by atoms with Gasteiger partial charge in [-0.1, -0.05) is 12.8 Å². The summed E-state index contributed by atoms with van der Waals surface area (Å²) in [5, 5.41) is 2.70. The summed E-state index contributed by atoms with van der Waals surface area (Å²) in [4.78, 5) is 18.1. The minimum absolute atomic E-state index is 0.121. The molecular weight excluding hydrogens is 364 g/mol. The van der Waals surface area contributed by atoms with E-state index in [1.165, 1.54) is 37.8 Å². The normalized spacial score (nSPS) is 17.2. The third-order valence-corrected chi connectivity index (χ3v) is 6.32. The number of aromatic nitrogens is 1. The van der Waals surface area contributed by atoms with Crippen LogP contribution < -0.4 is 14.9 Å². The molecule has 142 valence electrons. The summed E-state index contributed by atoms with van der Waals surface area (Å²) < 4.78 is 27.8. The summed E-state index contributed by atoms with van der Waals surface area (Å²) in [7, 11) is -3.76. The van der Waals surface area contributed by atoms with Crippen molar-refractivity contribution in [3.05, 3.63) is 42.1 Å². The van der Waals surface area contributed by atoms with Gasteiger partial charge in [-0.2, -0.15) is 0 Å². The quantitative estimate of drug-likeness (QED) is 0.843. The van der Waals surface area contributed by atoms with Gasteiger partial charge >= 0.3 is 0 Å². The zero-order valence-corrected chi connectivity index (χ0v) is 15.8. The molecular formula is C19H22N4O3S. The average molecular weight is 386 g/mol. The maximum Gasteiger partial charge on any atom is 0.263 e. The lowest BCUT2D eigenvalue weighted by atomic mass is 10.2. The van der Waals surface area contributed by atoms with Crippen molar-refractivity contribution in [2.75, 3.05) is 28.0 Å². The smallest absolute Gasteiger partial charge is 0.263 e. The van der Waals surface area contributed by atoms with Gasteiger partial charge in [0.25, 0.3) is 10.0 Å². The molecule has 1 fully saturated rings. The van der Waals surface area contributed by atoms with Crippen LogP contribution in [0, 0.1) is 0 Å². The largest absolute Gasteiger partial charge is 0.370 e. The maximum absolute atomic E-state index is 12.6. The van der Waals surface area contributed by atoms with Crippen molar-refractivity contribution < 1.29 is 13.2 Å². The second kappa shape index (κ2) is 7.19. The third-order valence-electron chi connectivity index (χ3n) is 4.97. The van der Waals surface area contributed by atoms with Crippen LogP contribution in [0.1, 0.15) is 31.2 Å². The fraction of sp³-hybridized carbons (Fsp3) is 0.368. The van der Waals surface area contributed by atoms with Crippen molar-refractivity contribution in [1.82, 2.24) is 4.98 Å². The topological polar surface area (TPSA) is 91.4 Å². The molecule has 0 spiro atoms. The Kier molecular flexibility index (Phi) is 4.73. The highest BCUT2D eigenvalue weighted by molar-refractivity contribution is 7.92. The molecule has 0 saturated carbocycles. The molecule has 0 aliphatic carbocycles. The van der Waals surface area contributed by atoms with Crippen molar-refractivity contribution in [3.63, 3.8) is 0 Å². The molecule has 8 heteroatoms. The number of rotatable bonds is 4. The van der Waals surface area contributed by atoms with Crippen LogP contribution in [0.3, 0.4) is 0 Å². The fourth-order valence-electron chi connectivity index (χ4n) is 3.53. The highest BCUT2D eigenvalue weighted by atomic mass is 32.2. The van der Waals surface area contributed by atoms with Gasteiger partial charge in [-0.05, 0) is 48.7 Å². The Morgan fingerprint density at radius 3 is 2.52 bits per heavy atom. The summed E-state index contributed by atoms with van der Waals surface area (Å²) in [6.07, 6.45) is 6.76. The lowest BCUT2D eigenvalue weighted by Crippen LogP contribution is -2.24. The molecule has 0 bridgehead atoms. The Labute approximate surface area is 158 Å². The van der Waals surface area contributed by atoms with Crippen molar-refractivity contribution in [2.45, 2.75) is 37.0 Å². The molecule has 4 rings (SSSR count). The first-order chi connectivity index (χ1) is 13.0. The van der Waals surface area contributed by atoms with Gasteiger partial charge in [-0.25, -0.2) is 13.4 Å². The molecule has 2 aliphatic heterocycles. The van der Waals surface area contributed by atoms with Gasteiger partial charge < -0.3 is 10.2 Å².